The topological polar surface area (TPSA) is 96.9 Å². The summed E-state index contributed by atoms with van der Waals surface area (Å²) in [7, 11) is 4.00. The Hall–Kier alpha value is -2.24. The Labute approximate surface area is 244 Å². The molecule has 0 unspecified atom stereocenters. The summed E-state index contributed by atoms with van der Waals surface area (Å²) in [6, 6.07) is -0.290. The molecule has 7 aliphatic heterocycles. The number of piperidine rings is 2. The summed E-state index contributed by atoms with van der Waals surface area (Å²) in [5, 5.41) is 0. The van der Waals surface area contributed by atoms with Crippen molar-refractivity contribution in [3.8, 4) is 0 Å². The lowest BCUT2D eigenvalue weighted by Gasteiger charge is -2.43. The molecule has 11 heteroatoms. The van der Waals surface area contributed by atoms with Crippen molar-refractivity contribution in [2.24, 2.45) is 11.8 Å². The summed E-state index contributed by atoms with van der Waals surface area (Å²) in [6.45, 7) is 6.35. The Kier molecular flexibility index (Phi) is 8.56. The van der Waals surface area contributed by atoms with Crippen LogP contribution in [-0.2, 0) is 23.9 Å². The van der Waals surface area contributed by atoms with E-state index in [0.717, 1.165) is 45.1 Å². The lowest BCUT2D eigenvalue weighted by molar-refractivity contribution is -0.147. The third-order valence-corrected chi connectivity index (χ3v) is 10.9. The molecule has 7 fully saturated rings. The number of fused-ring (bicyclic) bond motifs is 3. The fraction of sp³-hybridized carbons (Fsp3) is 0.867. The molecule has 0 N–H and O–H groups in total. The van der Waals surface area contributed by atoms with Gasteiger partial charge in [-0.05, 0) is 71.0 Å². The summed E-state index contributed by atoms with van der Waals surface area (Å²) < 4.78 is 5.44. The van der Waals surface area contributed by atoms with Gasteiger partial charge in [0.1, 0.15) is 6.04 Å². The van der Waals surface area contributed by atoms with Gasteiger partial charge >= 0.3 is 0 Å². The van der Waals surface area contributed by atoms with Gasteiger partial charge in [0.05, 0.1) is 19.3 Å². The van der Waals surface area contributed by atoms with Gasteiger partial charge in [0.2, 0.25) is 23.6 Å². The van der Waals surface area contributed by atoms with Gasteiger partial charge in [-0.3, -0.25) is 24.1 Å². The third-order valence-electron chi connectivity index (χ3n) is 10.9. The van der Waals surface area contributed by atoms with Crippen LogP contribution in [0.1, 0.15) is 51.4 Å². The van der Waals surface area contributed by atoms with E-state index in [0.29, 0.717) is 71.5 Å². The molecule has 0 aliphatic carbocycles. The van der Waals surface area contributed by atoms with Crippen LogP contribution in [0.15, 0.2) is 0 Å². The maximum Gasteiger partial charge on any atom is 0.247 e. The van der Waals surface area contributed by atoms with Crippen LogP contribution < -0.4 is 0 Å². The van der Waals surface area contributed by atoms with Crippen molar-refractivity contribution >= 4 is 23.6 Å². The highest BCUT2D eigenvalue weighted by Crippen LogP contribution is 2.35. The molecule has 5 atom stereocenters. The van der Waals surface area contributed by atoms with E-state index in [1.807, 2.05) is 33.7 Å². The van der Waals surface area contributed by atoms with E-state index in [4.69, 9.17) is 4.74 Å². The molecule has 228 valence electrons. The number of ether oxygens (including phenoxy) is 1. The number of likely N-dealkylation sites (N-methyl/N-ethyl adjacent to an activating group) is 1. The first-order valence-corrected chi connectivity index (χ1v) is 16.0. The smallest absolute Gasteiger partial charge is 0.247 e. The number of nitrogens with zero attached hydrogens (tertiary/aromatic N) is 6. The van der Waals surface area contributed by atoms with E-state index < -0.39 is 6.04 Å². The van der Waals surface area contributed by atoms with E-state index >= 15 is 0 Å². The minimum atomic E-state index is -0.478. The largest absolute Gasteiger partial charge is 0.378 e. The first-order chi connectivity index (χ1) is 19.8. The highest BCUT2D eigenvalue weighted by Gasteiger charge is 2.48. The van der Waals surface area contributed by atoms with Gasteiger partial charge in [0, 0.05) is 70.7 Å². The standard InChI is InChI=1S/C30H48N6O5/c1-31(2)24-8-13-36-27(38)19-22-20-34(10-5-21(22)18-26(37)32-14-16-41-17-15-32)29(39)25-4-3-9-35(25)23-6-11-33(12-7-23)30(40)28(24)36/h21-25,28H,3-20H2,1-2H3/t21-,22-,24+,25-,28-/m0/s1. The van der Waals surface area contributed by atoms with Crippen LogP contribution in [0.5, 0.6) is 0 Å². The van der Waals surface area contributed by atoms with Gasteiger partial charge in [-0.1, -0.05) is 0 Å². The van der Waals surface area contributed by atoms with Gasteiger partial charge < -0.3 is 29.2 Å². The highest BCUT2D eigenvalue weighted by atomic mass is 16.5. The number of hydrogen-bond donors (Lipinski definition) is 0. The number of amides is 4. The number of morpholine rings is 1. The van der Waals surface area contributed by atoms with Crippen molar-refractivity contribution in [1.29, 1.82) is 0 Å². The van der Waals surface area contributed by atoms with Crippen molar-refractivity contribution in [3.05, 3.63) is 0 Å². The minimum absolute atomic E-state index is 0.00838. The van der Waals surface area contributed by atoms with Crippen LogP contribution in [0.25, 0.3) is 0 Å². The molecule has 0 spiro atoms. The summed E-state index contributed by atoms with van der Waals surface area (Å²) in [5.41, 5.74) is 0. The second-order valence-corrected chi connectivity index (χ2v) is 13.3. The second kappa shape index (κ2) is 12.2. The molecule has 0 aromatic heterocycles. The Morgan fingerprint density at radius 2 is 1.59 bits per heavy atom. The van der Waals surface area contributed by atoms with Crippen LogP contribution in [0, 0.1) is 11.8 Å². The molecule has 4 amide bonds. The van der Waals surface area contributed by atoms with Crippen LogP contribution in [0.3, 0.4) is 0 Å². The molecule has 7 heterocycles. The van der Waals surface area contributed by atoms with Crippen LogP contribution in [0.2, 0.25) is 0 Å². The zero-order valence-corrected chi connectivity index (χ0v) is 24.9. The average Bonchev–Trinajstić information content (AvgIpc) is 3.66. The summed E-state index contributed by atoms with van der Waals surface area (Å²) in [5.74, 6) is 0.309. The van der Waals surface area contributed by atoms with E-state index in [9.17, 15) is 19.2 Å². The molecule has 4 bridgehead atoms. The Balaban J connectivity index is 1.28. The SMILES string of the molecule is CN(C)[C@@H]1CCN2C(=O)C[C@H]3CN(CC[C@H]3CC(=O)N3CCOCC3)C(=O)[C@@H]3CCCN3C3CCN(CC3)C(=O)[C@H]12. The fourth-order valence-electron chi connectivity index (χ4n) is 8.49. The van der Waals surface area contributed by atoms with Gasteiger partial charge in [-0.2, -0.15) is 0 Å². The quantitative estimate of drug-likeness (QED) is 0.473. The summed E-state index contributed by atoms with van der Waals surface area (Å²) in [4.78, 5) is 67.6. The first-order valence-electron chi connectivity index (χ1n) is 16.0. The predicted octanol–water partition coefficient (Wildman–Crippen LogP) is 0.0902. The molecule has 0 saturated carbocycles. The molecule has 41 heavy (non-hydrogen) atoms. The van der Waals surface area contributed by atoms with Gasteiger partial charge in [0.25, 0.3) is 0 Å². The molecule has 7 rings (SSSR count). The van der Waals surface area contributed by atoms with Gasteiger partial charge in [-0.25, -0.2) is 0 Å². The first kappa shape index (κ1) is 28.9. The lowest BCUT2D eigenvalue weighted by atomic mass is 9.80. The maximum absolute atomic E-state index is 14.1. The van der Waals surface area contributed by atoms with E-state index in [1.165, 1.54) is 0 Å². The average molecular weight is 573 g/mol. The maximum atomic E-state index is 14.1. The van der Waals surface area contributed by atoms with Gasteiger partial charge in [-0.15, -0.1) is 0 Å². The molecular formula is C30H48N6O5. The Morgan fingerprint density at radius 3 is 2.32 bits per heavy atom. The van der Waals surface area contributed by atoms with E-state index in [2.05, 4.69) is 9.80 Å². The molecule has 7 saturated heterocycles. The van der Waals surface area contributed by atoms with Crippen LogP contribution in [0.4, 0.5) is 0 Å². The molecular weight excluding hydrogens is 524 g/mol. The monoisotopic (exact) mass is 572 g/mol. The fourth-order valence-corrected chi connectivity index (χ4v) is 8.49. The van der Waals surface area contributed by atoms with E-state index in [-0.39, 0.29) is 54.0 Å². The minimum Gasteiger partial charge on any atom is -0.378 e. The van der Waals surface area contributed by atoms with Crippen molar-refractivity contribution in [3.63, 3.8) is 0 Å². The van der Waals surface area contributed by atoms with Crippen LogP contribution in [-0.4, -0.2) is 157 Å². The zero-order valence-electron chi connectivity index (χ0n) is 24.9. The van der Waals surface area contributed by atoms with Crippen LogP contribution >= 0.6 is 0 Å². The number of carbonyl (C=O) groups is 4. The molecule has 7 aliphatic rings. The zero-order chi connectivity index (χ0) is 28.7. The molecule has 0 radical (unpaired) electrons. The summed E-state index contributed by atoms with van der Waals surface area (Å²) in [6.07, 6.45) is 5.80. The van der Waals surface area contributed by atoms with Crippen molar-refractivity contribution in [2.45, 2.75) is 75.5 Å². The van der Waals surface area contributed by atoms with Crippen molar-refractivity contribution in [2.75, 3.05) is 79.7 Å². The number of rotatable bonds is 3. The second-order valence-electron chi connectivity index (χ2n) is 13.3. The normalized spacial score (nSPS) is 35.5. The molecule has 0 aromatic rings. The van der Waals surface area contributed by atoms with Gasteiger partial charge in [0.15, 0.2) is 0 Å². The van der Waals surface area contributed by atoms with Crippen molar-refractivity contribution in [1.82, 2.24) is 29.4 Å². The third kappa shape index (κ3) is 5.73. The number of hydrogen-bond acceptors (Lipinski definition) is 7. The van der Waals surface area contributed by atoms with E-state index in [1.54, 1.807) is 0 Å². The molecule has 0 aromatic carbocycles. The summed E-state index contributed by atoms with van der Waals surface area (Å²) >= 11 is 0. The highest BCUT2D eigenvalue weighted by molar-refractivity contribution is 5.89. The number of carbonyl (C=O) groups excluding carboxylic acids is 4. The molecule has 11 nitrogen and oxygen atoms in total. The predicted molar refractivity (Wildman–Crippen MR) is 152 cm³/mol. The Bertz CT molecular complexity index is 1010. The van der Waals surface area contributed by atoms with Crippen molar-refractivity contribution < 1.29 is 23.9 Å². The lowest BCUT2D eigenvalue weighted by Crippen LogP contribution is -2.57. The Morgan fingerprint density at radius 1 is 0.854 bits per heavy atom.